The van der Waals surface area contributed by atoms with Crippen molar-refractivity contribution in [1.82, 2.24) is 9.97 Å². The number of nitrogens with zero attached hydrogens (tertiary/aromatic N) is 4. The largest absolute Gasteiger partial charge is 0.383 e. The Morgan fingerprint density at radius 2 is 1.70 bits per heavy atom. The third-order valence-electron chi connectivity index (χ3n) is 3.41. The van der Waals surface area contributed by atoms with Gasteiger partial charge in [-0.05, 0) is 35.9 Å². The summed E-state index contributed by atoms with van der Waals surface area (Å²) in [7, 11) is 0. The van der Waals surface area contributed by atoms with E-state index in [1.165, 1.54) is 0 Å². The number of aromatic nitrogens is 2. The third-order valence-corrected chi connectivity index (χ3v) is 3.41. The summed E-state index contributed by atoms with van der Waals surface area (Å²) in [4.78, 5) is 8.54. The number of hydrogen-bond acceptors (Lipinski definition) is 5. The first-order valence-corrected chi connectivity index (χ1v) is 6.85. The van der Waals surface area contributed by atoms with Gasteiger partial charge in [-0.25, -0.2) is 4.98 Å². The highest BCUT2D eigenvalue weighted by Gasteiger charge is 2.13. The molecule has 0 aliphatic carbocycles. The second-order valence-electron chi connectivity index (χ2n) is 4.83. The minimum absolute atomic E-state index is 0.162. The van der Waals surface area contributed by atoms with Crippen LogP contribution >= 0.6 is 0 Å². The number of nitriles is 2. The molecule has 2 N–H and O–H groups in total. The molecule has 3 aromatic rings. The fourth-order valence-electron chi connectivity index (χ4n) is 2.28. The lowest BCUT2D eigenvalue weighted by Crippen LogP contribution is -2.00. The number of pyridine rings is 2. The molecule has 2 aromatic heterocycles. The van der Waals surface area contributed by atoms with Gasteiger partial charge in [0.2, 0.25) is 0 Å². The molecule has 5 nitrogen and oxygen atoms in total. The summed E-state index contributed by atoms with van der Waals surface area (Å²) >= 11 is 0. The molecule has 0 unspecified atom stereocenters. The van der Waals surface area contributed by atoms with Crippen LogP contribution in [0.2, 0.25) is 0 Å². The van der Waals surface area contributed by atoms with Crippen molar-refractivity contribution >= 4 is 5.82 Å². The zero-order chi connectivity index (χ0) is 16.2. The molecule has 5 heteroatoms. The van der Waals surface area contributed by atoms with E-state index in [4.69, 9.17) is 11.0 Å². The van der Waals surface area contributed by atoms with Crippen LogP contribution in [0.3, 0.4) is 0 Å². The number of nitrogen functional groups attached to an aromatic ring is 1. The van der Waals surface area contributed by atoms with Gasteiger partial charge in [-0.2, -0.15) is 10.5 Å². The van der Waals surface area contributed by atoms with E-state index in [1.54, 1.807) is 36.5 Å². The van der Waals surface area contributed by atoms with E-state index in [-0.39, 0.29) is 5.82 Å². The summed E-state index contributed by atoms with van der Waals surface area (Å²) < 4.78 is 0. The van der Waals surface area contributed by atoms with E-state index in [0.29, 0.717) is 28.1 Å². The summed E-state index contributed by atoms with van der Waals surface area (Å²) in [5.74, 6) is 0.162. The maximum atomic E-state index is 9.38. The summed E-state index contributed by atoms with van der Waals surface area (Å²) in [6, 6.07) is 18.4. The van der Waals surface area contributed by atoms with Crippen molar-refractivity contribution in [3.05, 3.63) is 65.9 Å². The molecule has 0 spiro atoms. The molecule has 0 bridgehead atoms. The van der Waals surface area contributed by atoms with Gasteiger partial charge in [0.15, 0.2) is 0 Å². The summed E-state index contributed by atoms with van der Waals surface area (Å²) in [6.45, 7) is 0. The summed E-state index contributed by atoms with van der Waals surface area (Å²) in [5.41, 5.74) is 9.57. The van der Waals surface area contributed by atoms with E-state index in [0.717, 1.165) is 5.56 Å². The topological polar surface area (TPSA) is 99.4 Å². The molecular weight excluding hydrogens is 286 g/mol. The Kier molecular flexibility index (Phi) is 3.70. The van der Waals surface area contributed by atoms with Crippen LogP contribution in [0.5, 0.6) is 0 Å². The lowest BCUT2D eigenvalue weighted by atomic mass is 9.98. The normalized spacial score (nSPS) is 9.83. The van der Waals surface area contributed by atoms with Gasteiger partial charge < -0.3 is 5.73 Å². The highest BCUT2D eigenvalue weighted by molar-refractivity contribution is 5.79. The lowest BCUT2D eigenvalue weighted by molar-refractivity contribution is 1.24. The summed E-state index contributed by atoms with van der Waals surface area (Å²) in [6.07, 6.45) is 1.67. The van der Waals surface area contributed by atoms with Crippen LogP contribution < -0.4 is 5.73 Å². The van der Waals surface area contributed by atoms with Gasteiger partial charge in [-0.1, -0.05) is 18.2 Å². The molecule has 0 saturated heterocycles. The van der Waals surface area contributed by atoms with Gasteiger partial charge in [0.25, 0.3) is 0 Å². The number of rotatable bonds is 2. The number of benzene rings is 1. The van der Waals surface area contributed by atoms with Crippen molar-refractivity contribution in [1.29, 1.82) is 10.5 Å². The zero-order valence-electron chi connectivity index (χ0n) is 12.1. The quantitative estimate of drug-likeness (QED) is 0.783. The van der Waals surface area contributed by atoms with Gasteiger partial charge in [0.05, 0.1) is 23.0 Å². The molecule has 0 amide bonds. The molecule has 108 valence electrons. The Balaban J connectivity index is 2.20. The fraction of sp³-hybridized carbons (Fsp3) is 0. The van der Waals surface area contributed by atoms with Crippen molar-refractivity contribution in [2.24, 2.45) is 0 Å². The van der Waals surface area contributed by atoms with Crippen LogP contribution in [0.4, 0.5) is 5.82 Å². The molecule has 3 rings (SSSR count). The summed E-state index contributed by atoms with van der Waals surface area (Å²) in [5, 5.41) is 18.3. The highest BCUT2D eigenvalue weighted by atomic mass is 14.9. The monoisotopic (exact) mass is 297 g/mol. The van der Waals surface area contributed by atoms with E-state index < -0.39 is 0 Å². The molecule has 0 atom stereocenters. The average molecular weight is 297 g/mol. The average Bonchev–Trinajstić information content (AvgIpc) is 2.62. The smallest absolute Gasteiger partial charge is 0.142 e. The van der Waals surface area contributed by atoms with Crippen molar-refractivity contribution in [3.8, 4) is 34.7 Å². The first-order chi connectivity index (χ1) is 11.2. The Morgan fingerprint density at radius 1 is 0.913 bits per heavy atom. The van der Waals surface area contributed by atoms with Crippen LogP contribution in [-0.4, -0.2) is 9.97 Å². The van der Waals surface area contributed by atoms with Crippen LogP contribution in [0.15, 0.2) is 54.7 Å². The second-order valence-corrected chi connectivity index (χ2v) is 4.83. The molecule has 0 saturated carbocycles. The Labute approximate surface area is 133 Å². The van der Waals surface area contributed by atoms with Crippen molar-refractivity contribution < 1.29 is 0 Å². The molecule has 0 fully saturated rings. The van der Waals surface area contributed by atoms with Gasteiger partial charge >= 0.3 is 0 Å². The van der Waals surface area contributed by atoms with E-state index in [9.17, 15) is 5.26 Å². The van der Waals surface area contributed by atoms with Gasteiger partial charge in [-0.3, -0.25) is 4.98 Å². The molecule has 0 aliphatic heterocycles. The Morgan fingerprint density at radius 3 is 2.30 bits per heavy atom. The van der Waals surface area contributed by atoms with Crippen molar-refractivity contribution in [2.75, 3.05) is 5.73 Å². The molecule has 2 heterocycles. The maximum absolute atomic E-state index is 9.38. The Hall–Kier alpha value is -3.70. The number of anilines is 1. The number of hydrogen-bond donors (Lipinski definition) is 1. The SMILES string of the molecule is N#Cc1ccc(-c2cc(-c3ccccn3)nc(N)c2C#N)cc1. The highest BCUT2D eigenvalue weighted by Crippen LogP contribution is 2.30. The van der Waals surface area contributed by atoms with Crippen LogP contribution in [0.1, 0.15) is 11.1 Å². The van der Waals surface area contributed by atoms with E-state index >= 15 is 0 Å². The van der Waals surface area contributed by atoms with Crippen molar-refractivity contribution in [3.63, 3.8) is 0 Å². The van der Waals surface area contributed by atoms with Crippen LogP contribution in [-0.2, 0) is 0 Å². The standard InChI is InChI=1S/C18H11N5/c19-10-12-4-6-13(7-5-12)14-9-17(16-3-1-2-8-22-16)23-18(21)15(14)11-20/h1-9H,(H2,21,23). The predicted octanol–water partition coefficient (Wildman–Crippen LogP) is 3.14. The minimum Gasteiger partial charge on any atom is -0.383 e. The van der Waals surface area contributed by atoms with E-state index in [2.05, 4.69) is 22.1 Å². The number of nitrogens with two attached hydrogens (primary N) is 1. The molecule has 0 radical (unpaired) electrons. The minimum atomic E-state index is 0.162. The van der Waals surface area contributed by atoms with E-state index in [1.807, 2.05) is 18.2 Å². The van der Waals surface area contributed by atoms with Crippen molar-refractivity contribution in [2.45, 2.75) is 0 Å². The molecule has 1 aromatic carbocycles. The van der Waals surface area contributed by atoms with Gasteiger partial charge in [-0.15, -0.1) is 0 Å². The lowest BCUT2D eigenvalue weighted by Gasteiger charge is -2.09. The van der Waals surface area contributed by atoms with Crippen LogP contribution in [0, 0.1) is 22.7 Å². The van der Waals surface area contributed by atoms with Gasteiger partial charge in [0, 0.05) is 11.8 Å². The third kappa shape index (κ3) is 2.72. The first kappa shape index (κ1) is 14.2. The second kappa shape index (κ2) is 5.97. The van der Waals surface area contributed by atoms with Gasteiger partial charge in [0.1, 0.15) is 17.5 Å². The first-order valence-electron chi connectivity index (χ1n) is 6.85. The predicted molar refractivity (Wildman–Crippen MR) is 86.7 cm³/mol. The fourth-order valence-corrected chi connectivity index (χ4v) is 2.28. The molecule has 23 heavy (non-hydrogen) atoms. The molecular formula is C18H11N5. The maximum Gasteiger partial charge on any atom is 0.142 e. The zero-order valence-corrected chi connectivity index (χ0v) is 12.1. The molecule has 0 aliphatic rings. The van der Waals surface area contributed by atoms with Crippen LogP contribution in [0.25, 0.3) is 22.5 Å². The Bertz CT molecular complexity index is 932.